The zero-order valence-corrected chi connectivity index (χ0v) is 11.7. The molecule has 5 nitrogen and oxygen atoms in total. The molecule has 0 radical (unpaired) electrons. The largest absolute Gasteiger partial charge is 0.433 e. The first-order chi connectivity index (χ1) is 10.3. The highest BCUT2D eigenvalue weighted by molar-refractivity contribution is 5.74. The van der Waals surface area contributed by atoms with Crippen LogP contribution < -0.4 is 10.6 Å². The van der Waals surface area contributed by atoms with Gasteiger partial charge in [0.05, 0.1) is 5.56 Å². The van der Waals surface area contributed by atoms with Crippen molar-refractivity contribution < 1.29 is 18.0 Å². The standard InChI is InChI=1S/C14H15F3N4O/c15-14(16,17)11-4-3-10(7-18)13(20-11)21-5-1-2-9(8-21)6-12(19)22/h3-4,9H,1-2,5-6,8H2,(H2,19,22). The second-order valence-corrected chi connectivity index (χ2v) is 5.30. The molecule has 1 fully saturated rings. The Bertz CT molecular complexity index is 609. The number of hydrogen-bond donors (Lipinski definition) is 1. The quantitative estimate of drug-likeness (QED) is 0.926. The fourth-order valence-electron chi connectivity index (χ4n) is 2.64. The van der Waals surface area contributed by atoms with Crippen LogP contribution in [0.1, 0.15) is 30.5 Å². The summed E-state index contributed by atoms with van der Waals surface area (Å²) in [5.74, 6) is -0.454. The molecule has 8 heteroatoms. The molecule has 1 unspecified atom stereocenters. The first-order valence-corrected chi connectivity index (χ1v) is 6.83. The number of halogens is 3. The summed E-state index contributed by atoms with van der Waals surface area (Å²) < 4.78 is 38.4. The Morgan fingerprint density at radius 3 is 2.82 bits per heavy atom. The number of nitrogens with two attached hydrogens (primary N) is 1. The zero-order valence-electron chi connectivity index (χ0n) is 11.7. The van der Waals surface area contributed by atoms with Crippen molar-refractivity contribution >= 4 is 11.7 Å². The first kappa shape index (κ1) is 16.1. The van der Waals surface area contributed by atoms with Crippen molar-refractivity contribution in [3.8, 4) is 6.07 Å². The van der Waals surface area contributed by atoms with E-state index in [4.69, 9.17) is 11.0 Å². The van der Waals surface area contributed by atoms with Gasteiger partial charge in [0.15, 0.2) is 0 Å². The second kappa shape index (κ2) is 6.22. The van der Waals surface area contributed by atoms with Gasteiger partial charge in [0.1, 0.15) is 17.6 Å². The van der Waals surface area contributed by atoms with Gasteiger partial charge < -0.3 is 10.6 Å². The van der Waals surface area contributed by atoms with E-state index in [1.807, 2.05) is 6.07 Å². The van der Waals surface area contributed by atoms with Gasteiger partial charge in [0, 0.05) is 19.5 Å². The summed E-state index contributed by atoms with van der Waals surface area (Å²) >= 11 is 0. The fraction of sp³-hybridized carbons (Fsp3) is 0.500. The molecular weight excluding hydrogens is 297 g/mol. The minimum absolute atomic E-state index is 0.0199. The van der Waals surface area contributed by atoms with Crippen molar-refractivity contribution in [2.75, 3.05) is 18.0 Å². The van der Waals surface area contributed by atoms with Crippen molar-refractivity contribution in [3.63, 3.8) is 0 Å². The Balaban J connectivity index is 2.30. The molecule has 0 bridgehead atoms. The lowest BCUT2D eigenvalue weighted by Gasteiger charge is -2.33. The molecule has 2 N–H and O–H groups in total. The number of alkyl halides is 3. The average Bonchev–Trinajstić information content (AvgIpc) is 2.45. The number of aromatic nitrogens is 1. The zero-order chi connectivity index (χ0) is 16.3. The van der Waals surface area contributed by atoms with Crippen LogP contribution in [0.25, 0.3) is 0 Å². The summed E-state index contributed by atoms with van der Waals surface area (Å²) in [5.41, 5.74) is 4.23. The van der Waals surface area contributed by atoms with Crippen LogP contribution in [0.3, 0.4) is 0 Å². The van der Waals surface area contributed by atoms with Gasteiger partial charge in [-0.25, -0.2) is 4.98 Å². The summed E-state index contributed by atoms with van der Waals surface area (Å²) in [5, 5.41) is 9.08. The lowest BCUT2D eigenvalue weighted by Crippen LogP contribution is -2.38. The normalized spacial score (nSPS) is 18.8. The number of primary amides is 1. The van der Waals surface area contributed by atoms with Gasteiger partial charge >= 0.3 is 6.18 Å². The van der Waals surface area contributed by atoms with Crippen LogP contribution in [-0.2, 0) is 11.0 Å². The molecule has 0 aromatic carbocycles. The lowest BCUT2D eigenvalue weighted by molar-refractivity contribution is -0.141. The van der Waals surface area contributed by atoms with Crippen molar-refractivity contribution in [3.05, 3.63) is 23.4 Å². The average molecular weight is 312 g/mol. The lowest BCUT2D eigenvalue weighted by atomic mass is 9.94. The number of piperidine rings is 1. The maximum Gasteiger partial charge on any atom is 0.433 e. The van der Waals surface area contributed by atoms with Crippen LogP contribution in [-0.4, -0.2) is 24.0 Å². The van der Waals surface area contributed by atoms with Crippen molar-refractivity contribution in [1.29, 1.82) is 5.26 Å². The highest BCUT2D eigenvalue weighted by atomic mass is 19.4. The number of carbonyl (C=O) groups is 1. The van der Waals surface area contributed by atoms with E-state index in [-0.39, 0.29) is 23.7 Å². The van der Waals surface area contributed by atoms with E-state index in [1.54, 1.807) is 4.90 Å². The van der Waals surface area contributed by atoms with E-state index in [9.17, 15) is 18.0 Å². The summed E-state index contributed by atoms with van der Waals surface area (Å²) in [7, 11) is 0. The predicted molar refractivity (Wildman–Crippen MR) is 72.7 cm³/mol. The monoisotopic (exact) mass is 312 g/mol. The molecule has 2 rings (SSSR count). The van der Waals surface area contributed by atoms with E-state index < -0.39 is 17.8 Å². The van der Waals surface area contributed by atoms with E-state index in [1.165, 1.54) is 0 Å². The Hall–Kier alpha value is -2.30. The molecule has 118 valence electrons. The molecular formula is C14H15F3N4O. The number of pyridine rings is 1. The summed E-state index contributed by atoms with van der Waals surface area (Å²) in [6.45, 7) is 0.865. The molecule has 2 heterocycles. The molecule has 1 aromatic rings. The smallest absolute Gasteiger partial charge is 0.370 e. The third kappa shape index (κ3) is 3.67. The van der Waals surface area contributed by atoms with Gasteiger partial charge in [-0.15, -0.1) is 0 Å². The van der Waals surface area contributed by atoms with Crippen LogP contribution in [0.4, 0.5) is 19.0 Å². The summed E-state index contributed by atoms with van der Waals surface area (Å²) in [6, 6.07) is 3.79. The van der Waals surface area contributed by atoms with Gasteiger partial charge in [0.25, 0.3) is 0 Å². The first-order valence-electron chi connectivity index (χ1n) is 6.83. The van der Waals surface area contributed by atoms with Crippen LogP contribution >= 0.6 is 0 Å². The van der Waals surface area contributed by atoms with E-state index in [0.29, 0.717) is 19.5 Å². The van der Waals surface area contributed by atoms with Gasteiger partial charge in [-0.1, -0.05) is 0 Å². The van der Waals surface area contributed by atoms with E-state index in [0.717, 1.165) is 18.6 Å². The third-order valence-electron chi connectivity index (χ3n) is 3.59. The van der Waals surface area contributed by atoms with Crippen LogP contribution in [0.2, 0.25) is 0 Å². The Labute approximate surface area is 125 Å². The third-order valence-corrected chi connectivity index (χ3v) is 3.59. The van der Waals surface area contributed by atoms with Crippen molar-refractivity contribution in [1.82, 2.24) is 4.98 Å². The molecule has 1 saturated heterocycles. The van der Waals surface area contributed by atoms with Gasteiger partial charge in [-0.3, -0.25) is 4.79 Å². The Morgan fingerprint density at radius 2 is 2.23 bits per heavy atom. The number of carbonyl (C=O) groups excluding carboxylic acids is 1. The van der Waals surface area contributed by atoms with Gasteiger partial charge in [0.2, 0.25) is 5.91 Å². The molecule has 1 aliphatic rings. The molecule has 0 spiro atoms. The van der Waals surface area contributed by atoms with E-state index in [2.05, 4.69) is 4.98 Å². The molecule has 1 amide bonds. The number of amides is 1. The molecule has 1 aromatic heterocycles. The number of hydrogen-bond acceptors (Lipinski definition) is 4. The van der Waals surface area contributed by atoms with Gasteiger partial charge in [-0.2, -0.15) is 18.4 Å². The highest BCUT2D eigenvalue weighted by Crippen LogP contribution is 2.32. The number of nitrogens with zero attached hydrogens (tertiary/aromatic N) is 3. The van der Waals surface area contributed by atoms with Crippen LogP contribution in [0.15, 0.2) is 12.1 Å². The summed E-state index contributed by atoms with van der Waals surface area (Å²) in [4.78, 5) is 16.3. The number of rotatable bonds is 3. The summed E-state index contributed by atoms with van der Waals surface area (Å²) in [6.07, 6.45) is -2.90. The SMILES string of the molecule is N#Cc1ccc(C(F)(F)F)nc1N1CCCC(CC(N)=O)C1. The second-order valence-electron chi connectivity index (χ2n) is 5.30. The highest BCUT2D eigenvalue weighted by Gasteiger charge is 2.34. The van der Waals surface area contributed by atoms with Crippen LogP contribution in [0, 0.1) is 17.2 Å². The van der Waals surface area contributed by atoms with Crippen molar-refractivity contribution in [2.24, 2.45) is 11.7 Å². The fourth-order valence-corrected chi connectivity index (χ4v) is 2.64. The predicted octanol–water partition coefficient (Wildman–Crippen LogP) is 2.06. The molecule has 1 aliphatic heterocycles. The maximum absolute atomic E-state index is 12.8. The maximum atomic E-state index is 12.8. The number of nitriles is 1. The van der Waals surface area contributed by atoms with Crippen LogP contribution in [0.5, 0.6) is 0 Å². The minimum Gasteiger partial charge on any atom is -0.370 e. The van der Waals surface area contributed by atoms with Crippen molar-refractivity contribution in [2.45, 2.75) is 25.4 Å². The van der Waals surface area contributed by atoms with E-state index >= 15 is 0 Å². The Morgan fingerprint density at radius 1 is 1.50 bits per heavy atom. The minimum atomic E-state index is -4.56. The molecule has 22 heavy (non-hydrogen) atoms. The number of anilines is 1. The molecule has 1 atom stereocenters. The topological polar surface area (TPSA) is 83.0 Å². The molecule has 0 aliphatic carbocycles. The molecule has 0 saturated carbocycles. The van der Waals surface area contributed by atoms with Gasteiger partial charge in [-0.05, 0) is 30.9 Å². The Kier molecular flexibility index (Phi) is 4.54.